The standard InChI is InChI=1S/C11H21N3S/c1-5-6-7-8-11(3,4)14-9(2)12-13-10(14)15/h5-8H2,1-4H3,(H,13,15). The van der Waals surface area contributed by atoms with Crippen LogP contribution in [0.25, 0.3) is 0 Å². The van der Waals surface area contributed by atoms with Crippen LogP contribution in [0.1, 0.15) is 52.3 Å². The highest BCUT2D eigenvalue weighted by molar-refractivity contribution is 7.80. The van der Waals surface area contributed by atoms with Gasteiger partial charge in [0.25, 0.3) is 0 Å². The maximum Gasteiger partial charge on any atom is 0.188 e. The van der Waals surface area contributed by atoms with E-state index in [4.69, 9.17) is 0 Å². The molecule has 0 radical (unpaired) electrons. The molecule has 0 aliphatic rings. The quantitative estimate of drug-likeness (QED) is 0.618. The van der Waals surface area contributed by atoms with E-state index in [1.54, 1.807) is 0 Å². The minimum Gasteiger partial charge on any atom is -0.301 e. The Morgan fingerprint density at radius 2 is 1.93 bits per heavy atom. The van der Waals surface area contributed by atoms with Gasteiger partial charge in [0.05, 0.1) is 0 Å². The van der Waals surface area contributed by atoms with E-state index in [0.29, 0.717) is 5.16 Å². The van der Waals surface area contributed by atoms with Crippen molar-refractivity contribution in [1.29, 1.82) is 0 Å². The monoisotopic (exact) mass is 227 g/mol. The van der Waals surface area contributed by atoms with Crippen LogP contribution in [0.15, 0.2) is 5.16 Å². The van der Waals surface area contributed by atoms with Gasteiger partial charge in [0, 0.05) is 5.54 Å². The third-order valence-corrected chi connectivity index (χ3v) is 3.09. The van der Waals surface area contributed by atoms with E-state index in [1.165, 1.54) is 19.3 Å². The largest absolute Gasteiger partial charge is 0.301 e. The van der Waals surface area contributed by atoms with E-state index in [-0.39, 0.29) is 5.54 Å². The van der Waals surface area contributed by atoms with Crippen molar-refractivity contribution < 1.29 is 0 Å². The van der Waals surface area contributed by atoms with Gasteiger partial charge in [-0.05, 0) is 27.2 Å². The maximum atomic E-state index is 4.35. The number of hydrogen-bond donors (Lipinski definition) is 1. The molecule has 0 spiro atoms. The molecule has 0 saturated carbocycles. The van der Waals surface area contributed by atoms with Gasteiger partial charge in [-0.25, -0.2) is 0 Å². The summed E-state index contributed by atoms with van der Waals surface area (Å²) in [4.78, 5) is 0. The number of aryl methyl sites for hydroxylation is 1. The number of rotatable bonds is 5. The number of nitrogens with zero attached hydrogens (tertiary/aromatic N) is 3. The van der Waals surface area contributed by atoms with E-state index in [1.807, 2.05) is 6.92 Å². The first-order valence-electron chi connectivity index (χ1n) is 5.60. The van der Waals surface area contributed by atoms with Gasteiger partial charge in [-0.2, -0.15) is 0 Å². The lowest BCUT2D eigenvalue weighted by Gasteiger charge is -2.28. The summed E-state index contributed by atoms with van der Waals surface area (Å²) in [7, 11) is 0. The highest BCUT2D eigenvalue weighted by atomic mass is 32.1. The third-order valence-electron chi connectivity index (χ3n) is 2.81. The SMILES string of the molecule is CCCCCC(C)(C)n1c(C)nnc1S. The fraction of sp³-hybridized carbons (Fsp3) is 0.818. The third kappa shape index (κ3) is 2.97. The van der Waals surface area contributed by atoms with Crippen LogP contribution in [-0.4, -0.2) is 14.8 Å². The van der Waals surface area contributed by atoms with Crippen LogP contribution < -0.4 is 0 Å². The highest BCUT2D eigenvalue weighted by Crippen LogP contribution is 2.26. The van der Waals surface area contributed by atoms with E-state index in [2.05, 4.69) is 48.2 Å². The smallest absolute Gasteiger partial charge is 0.188 e. The van der Waals surface area contributed by atoms with Crippen LogP contribution in [-0.2, 0) is 5.54 Å². The summed E-state index contributed by atoms with van der Waals surface area (Å²) in [6.45, 7) is 8.65. The molecule has 1 rings (SSSR count). The molecule has 3 nitrogen and oxygen atoms in total. The van der Waals surface area contributed by atoms with Gasteiger partial charge in [0.1, 0.15) is 5.82 Å². The summed E-state index contributed by atoms with van der Waals surface area (Å²) in [5, 5.41) is 8.75. The van der Waals surface area contributed by atoms with Gasteiger partial charge in [-0.3, -0.25) is 0 Å². The Morgan fingerprint density at radius 3 is 2.40 bits per heavy atom. The topological polar surface area (TPSA) is 30.7 Å². The molecule has 1 aromatic heterocycles. The minimum atomic E-state index is 0.0693. The number of thiol groups is 1. The first kappa shape index (κ1) is 12.6. The predicted octanol–water partition coefficient (Wildman–Crippen LogP) is 3.19. The molecule has 0 aliphatic carbocycles. The molecular formula is C11H21N3S. The van der Waals surface area contributed by atoms with Crippen LogP contribution >= 0.6 is 12.6 Å². The van der Waals surface area contributed by atoms with E-state index >= 15 is 0 Å². The Morgan fingerprint density at radius 1 is 1.27 bits per heavy atom. The lowest BCUT2D eigenvalue weighted by Crippen LogP contribution is -2.27. The summed E-state index contributed by atoms with van der Waals surface area (Å²) in [5.74, 6) is 0.946. The molecule has 0 aliphatic heterocycles. The normalized spacial score (nSPS) is 12.1. The molecule has 1 aromatic rings. The average Bonchev–Trinajstić information content (AvgIpc) is 2.46. The fourth-order valence-electron chi connectivity index (χ4n) is 1.98. The Kier molecular flexibility index (Phi) is 4.20. The number of aromatic nitrogens is 3. The zero-order valence-electron chi connectivity index (χ0n) is 10.1. The van der Waals surface area contributed by atoms with Crippen LogP contribution in [0.3, 0.4) is 0 Å². The molecule has 4 heteroatoms. The van der Waals surface area contributed by atoms with Crippen molar-refractivity contribution in [3.05, 3.63) is 5.82 Å². The molecule has 86 valence electrons. The number of unbranched alkanes of at least 4 members (excludes halogenated alkanes) is 2. The van der Waals surface area contributed by atoms with Crippen molar-refractivity contribution in [1.82, 2.24) is 14.8 Å². The van der Waals surface area contributed by atoms with Gasteiger partial charge in [-0.1, -0.05) is 26.2 Å². The van der Waals surface area contributed by atoms with E-state index in [9.17, 15) is 0 Å². The maximum absolute atomic E-state index is 4.35. The molecule has 15 heavy (non-hydrogen) atoms. The second-order valence-electron chi connectivity index (χ2n) is 4.65. The van der Waals surface area contributed by atoms with Crippen molar-refractivity contribution in [2.24, 2.45) is 0 Å². The molecular weight excluding hydrogens is 206 g/mol. The van der Waals surface area contributed by atoms with E-state index in [0.717, 1.165) is 12.2 Å². The lowest BCUT2D eigenvalue weighted by molar-refractivity contribution is 0.288. The summed E-state index contributed by atoms with van der Waals surface area (Å²) >= 11 is 4.35. The lowest BCUT2D eigenvalue weighted by atomic mass is 9.96. The van der Waals surface area contributed by atoms with Gasteiger partial charge in [-0.15, -0.1) is 22.8 Å². The van der Waals surface area contributed by atoms with Gasteiger partial charge >= 0.3 is 0 Å². The zero-order valence-corrected chi connectivity index (χ0v) is 11.0. The van der Waals surface area contributed by atoms with Gasteiger partial charge in [0.2, 0.25) is 0 Å². The summed E-state index contributed by atoms with van der Waals surface area (Å²) in [5.41, 5.74) is 0.0693. The van der Waals surface area contributed by atoms with Crippen LogP contribution in [0.5, 0.6) is 0 Å². The summed E-state index contributed by atoms with van der Waals surface area (Å²) in [6, 6.07) is 0. The predicted molar refractivity (Wildman–Crippen MR) is 65.5 cm³/mol. The highest BCUT2D eigenvalue weighted by Gasteiger charge is 2.24. The Balaban J connectivity index is 2.76. The van der Waals surface area contributed by atoms with Crippen molar-refractivity contribution in [2.75, 3.05) is 0 Å². The molecule has 1 heterocycles. The average molecular weight is 227 g/mol. The second kappa shape index (κ2) is 5.01. The van der Waals surface area contributed by atoms with Crippen LogP contribution in [0, 0.1) is 6.92 Å². The number of hydrogen-bond acceptors (Lipinski definition) is 3. The van der Waals surface area contributed by atoms with Crippen molar-refractivity contribution >= 4 is 12.6 Å². The first-order chi connectivity index (χ1) is 6.99. The molecule has 0 aromatic carbocycles. The summed E-state index contributed by atoms with van der Waals surface area (Å²) in [6.07, 6.45) is 4.93. The molecule has 0 amide bonds. The fourth-order valence-corrected chi connectivity index (χ4v) is 2.44. The van der Waals surface area contributed by atoms with Crippen molar-refractivity contribution in [2.45, 2.75) is 64.1 Å². The van der Waals surface area contributed by atoms with Crippen LogP contribution in [0.2, 0.25) is 0 Å². The molecule has 0 atom stereocenters. The second-order valence-corrected chi connectivity index (χ2v) is 5.05. The Labute approximate surface area is 97.7 Å². The Hall–Kier alpha value is -0.510. The Bertz CT molecular complexity index is 298. The molecule has 0 N–H and O–H groups in total. The molecule has 0 bridgehead atoms. The molecule has 0 unspecified atom stereocenters. The van der Waals surface area contributed by atoms with Gasteiger partial charge in [0.15, 0.2) is 5.16 Å². The van der Waals surface area contributed by atoms with Crippen molar-refractivity contribution in [3.8, 4) is 0 Å². The van der Waals surface area contributed by atoms with E-state index < -0.39 is 0 Å². The first-order valence-corrected chi connectivity index (χ1v) is 6.05. The summed E-state index contributed by atoms with van der Waals surface area (Å²) < 4.78 is 2.12. The van der Waals surface area contributed by atoms with Gasteiger partial charge < -0.3 is 4.57 Å². The van der Waals surface area contributed by atoms with Crippen LogP contribution in [0.4, 0.5) is 0 Å². The molecule has 0 saturated heterocycles. The minimum absolute atomic E-state index is 0.0693. The zero-order chi connectivity index (χ0) is 11.5. The van der Waals surface area contributed by atoms with Crippen molar-refractivity contribution in [3.63, 3.8) is 0 Å². The molecule has 0 fully saturated rings.